The molecule has 0 atom stereocenters. The van der Waals surface area contributed by atoms with Crippen LogP contribution < -0.4 is 0 Å². The number of hydrogen-bond acceptors (Lipinski definition) is 3. The zero-order valence-electron chi connectivity index (χ0n) is 6.67. The van der Waals surface area contributed by atoms with E-state index in [4.69, 9.17) is 0 Å². The molecular weight excluding hydrogens is 226 g/mol. The number of carbonyl (C=O) groups is 1. The molecule has 1 rings (SSSR count). The van der Waals surface area contributed by atoms with Crippen LogP contribution in [0.1, 0.15) is 27.3 Å². The number of ketones is 1. The molecule has 0 aromatic carbocycles. The Morgan fingerprint density at radius 1 is 1.45 bits per heavy atom. The highest BCUT2D eigenvalue weighted by molar-refractivity contribution is 8.93. The SMILES string of the molecule is Br.CC(=O)c1sc(C)nc1C. The number of Topliss-reactive ketones (excluding diaryl/α,β-unsaturated/α-hetero) is 1. The quantitative estimate of drug-likeness (QED) is 0.701. The van der Waals surface area contributed by atoms with Crippen molar-refractivity contribution in [1.29, 1.82) is 0 Å². The molecule has 0 amide bonds. The summed E-state index contributed by atoms with van der Waals surface area (Å²) in [5.74, 6) is 0.114. The molecule has 0 aliphatic rings. The Morgan fingerprint density at radius 2 is 2.00 bits per heavy atom. The minimum Gasteiger partial charge on any atom is -0.294 e. The Balaban J connectivity index is 0.000001000. The van der Waals surface area contributed by atoms with E-state index in [1.807, 2.05) is 13.8 Å². The third-order valence-corrected chi connectivity index (χ3v) is 2.40. The fourth-order valence-electron chi connectivity index (χ4n) is 0.858. The fraction of sp³-hybridized carbons (Fsp3) is 0.429. The summed E-state index contributed by atoms with van der Waals surface area (Å²) >= 11 is 1.46. The summed E-state index contributed by atoms with van der Waals surface area (Å²) in [5.41, 5.74) is 0.856. The summed E-state index contributed by atoms with van der Waals surface area (Å²) in [6, 6.07) is 0. The smallest absolute Gasteiger partial charge is 0.171 e. The average molecular weight is 236 g/mol. The highest BCUT2D eigenvalue weighted by atomic mass is 79.9. The summed E-state index contributed by atoms with van der Waals surface area (Å²) in [5, 5.41) is 0.961. The number of hydrogen-bond donors (Lipinski definition) is 0. The van der Waals surface area contributed by atoms with Gasteiger partial charge in [0.2, 0.25) is 0 Å². The zero-order chi connectivity index (χ0) is 7.72. The van der Waals surface area contributed by atoms with Crippen LogP contribution in [-0.4, -0.2) is 10.8 Å². The summed E-state index contributed by atoms with van der Waals surface area (Å²) in [6.07, 6.45) is 0. The van der Waals surface area contributed by atoms with Gasteiger partial charge in [0, 0.05) is 6.92 Å². The molecule has 1 aromatic heterocycles. The average Bonchev–Trinajstić information content (AvgIpc) is 2.10. The lowest BCUT2D eigenvalue weighted by molar-refractivity contribution is 0.102. The highest BCUT2D eigenvalue weighted by Crippen LogP contribution is 2.16. The molecule has 0 unspecified atom stereocenters. The molecule has 1 heterocycles. The Hall–Kier alpha value is -0.220. The number of aromatic nitrogens is 1. The van der Waals surface area contributed by atoms with Gasteiger partial charge in [-0.3, -0.25) is 4.79 Å². The number of rotatable bonds is 1. The standard InChI is InChI=1S/C7H9NOS.BrH/c1-4-7(5(2)9)10-6(3)8-4;/h1-3H3;1H. The number of halogens is 1. The van der Waals surface area contributed by atoms with Gasteiger partial charge in [0.25, 0.3) is 0 Å². The molecule has 4 heteroatoms. The molecule has 0 aliphatic heterocycles. The van der Waals surface area contributed by atoms with Gasteiger partial charge in [-0.25, -0.2) is 4.98 Å². The van der Waals surface area contributed by atoms with Gasteiger partial charge >= 0.3 is 0 Å². The van der Waals surface area contributed by atoms with E-state index < -0.39 is 0 Å². The predicted molar refractivity (Wildman–Crippen MR) is 51.9 cm³/mol. The summed E-state index contributed by atoms with van der Waals surface area (Å²) in [4.78, 5) is 15.8. The van der Waals surface area contributed by atoms with Crippen LogP contribution in [0.5, 0.6) is 0 Å². The second kappa shape index (κ2) is 3.97. The third kappa shape index (κ3) is 2.38. The minimum absolute atomic E-state index is 0. The van der Waals surface area contributed by atoms with Crippen LogP contribution >= 0.6 is 28.3 Å². The van der Waals surface area contributed by atoms with Gasteiger partial charge in [0.15, 0.2) is 5.78 Å². The number of carbonyl (C=O) groups excluding carboxylic acids is 1. The predicted octanol–water partition coefficient (Wildman–Crippen LogP) is 2.54. The normalized spacial score (nSPS) is 9.00. The first-order valence-corrected chi connectivity index (χ1v) is 3.88. The molecule has 0 N–H and O–H groups in total. The Bertz CT molecular complexity index is 269. The Labute approximate surface area is 80.4 Å². The number of aryl methyl sites for hydroxylation is 2. The topological polar surface area (TPSA) is 30.0 Å². The van der Waals surface area contributed by atoms with Gasteiger partial charge in [-0.1, -0.05) is 0 Å². The number of thiazole rings is 1. The van der Waals surface area contributed by atoms with Gasteiger partial charge in [-0.15, -0.1) is 28.3 Å². The molecule has 0 spiro atoms. The molecule has 62 valence electrons. The second-order valence-electron chi connectivity index (χ2n) is 2.20. The molecule has 11 heavy (non-hydrogen) atoms. The van der Waals surface area contributed by atoms with Crippen molar-refractivity contribution in [2.24, 2.45) is 0 Å². The zero-order valence-corrected chi connectivity index (χ0v) is 9.20. The van der Waals surface area contributed by atoms with E-state index in [1.54, 1.807) is 6.92 Å². The molecule has 2 nitrogen and oxygen atoms in total. The summed E-state index contributed by atoms with van der Waals surface area (Å²) in [6.45, 7) is 5.34. The van der Waals surface area contributed by atoms with Gasteiger partial charge in [0.05, 0.1) is 15.6 Å². The lowest BCUT2D eigenvalue weighted by Crippen LogP contribution is -1.89. The minimum atomic E-state index is 0. The summed E-state index contributed by atoms with van der Waals surface area (Å²) < 4.78 is 0. The lowest BCUT2D eigenvalue weighted by Gasteiger charge is -1.85. The van der Waals surface area contributed by atoms with Gasteiger partial charge in [-0.2, -0.15) is 0 Å². The highest BCUT2D eigenvalue weighted by Gasteiger charge is 2.07. The van der Waals surface area contributed by atoms with Crippen LogP contribution in [0.3, 0.4) is 0 Å². The maximum absolute atomic E-state index is 10.8. The van der Waals surface area contributed by atoms with Crippen molar-refractivity contribution in [1.82, 2.24) is 4.98 Å². The van der Waals surface area contributed by atoms with Gasteiger partial charge in [0.1, 0.15) is 0 Å². The van der Waals surface area contributed by atoms with E-state index in [0.717, 1.165) is 15.6 Å². The van der Waals surface area contributed by atoms with E-state index in [-0.39, 0.29) is 22.8 Å². The first-order chi connectivity index (χ1) is 4.61. The van der Waals surface area contributed by atoms with Crippen molar-refractivity contribution in [2.45, 2.75) is 20.8 Å². The van der Waals surface area contributed by atoms with Crippen LogP contribution in [0.2, 0.25) is 0 Å². The molecule has 0 radical (unpaired) electrons. The van der Waals surface area contributed by atoms with Gasteiger partial charge in [-0.05, 0) is 13.8 Å². The van der Waals surface area contributed by atoms with E-state index in [0.29, 0.717) is 0 Å². The largest absolute Gasteiger partial charge is 0.294 e. The summed E-state index contributed by atoms with van der Waals surface area (Å²) in [7, 11) is 0. The van der Waals surface area contributed by atoms with Crippen molar-refractivity contribution >= 4 is 34.1 Å². The Morgan fingerprint density at radius 3 is 2.18 bits per heavy atom. The van der Waals surface area contributed by atoms with E-state index in [9.17, 15) is 4.79 Å². The number of nitrogens with zero attached hydrogens (tertiary/aromatic N) is 1. The lowest BCUT2D eigenvalue weighted by atomic mass is 10.3. The molecule has 0 bridgehead atoms. The monoisotopic (exact) mass is 235 g/mol. The first-order valence-electron chi connectivity index (χ1n) is 3.06. The molecule has 0 saturated heterocycles. The van der Waals surface area contributed by atoms with Crippen molar-refractivity contribution in [2.75, 3.05) is 0 Å². The third-order valence-electron chi connectivity index (χ3n) is 1.22. The fourth-order valence-corrected chi connectivity index (χ4v) is 1.67. The molecule has 1 aromatic rings. The van der Waals surface area contributed by atoms with Crippen molar-refractivity contribution in [3.63, 3.8) is 0 Å². The van der Waals surface area contributed by atoms with E-state index >= 15 is 0 Å². The van der Waals surface area contributed by atoms with E-state index in [2.05, 4.69) is 4.98 Å². The van der Waals surface area contributed by atoms with Crippen LogP contribution in [0.4, 0.5) is 0 Å². The second-order valence-corrected chi connectivity index (χ2v) is 3.41. The first kappa shape index (κ1) is 10.8. The van der Waals surface area contributed by atoms with Crippen LogP contribution in [-0.2, 0) is 0 Å². The maximum atomic E-state index is 10.8. The molecular formula is C7H10BrNOS. The Kier molecular flexibility index (Phi) is 3.89. The molecule has 0 aliphatic carbocycles. The van der Waals surface area contributed by atoms with Crippen molar-refractivity contribution in [3.05, 3.63) is 15.6 Å². The van der Waals surface area contributed by atoms with Crippen LogP contribution in [0, 0.1) is 13.8 Å². The molecule has 0 saturated carbocycles. The van der Waals surface area contributed by atoms with E-state index in [1.165, 1.54) is 11.3 Å². The molecule has 0 fully saturated rings. The maximum Gasteiger partial charge on any atom is 0.171 e. The van der Waals surface area contributed by atoms with Crippen LogP contribution in [0.15, 0.2) is 0 Å². The van der Waals surface area contributed by atoms with Gasteiger partial charge < -0.3 is 0 Å². The van der Waals surface area contributed by atoms with Crippen molar-refractivity contribution < 1.29 is 4.79 Å². The van der Waals surface area contributed by atoms with Crippen molar-refractivity contribution in [3.8, 4) is 0 Å². The van der Waals surface area contributed by atoms with Crippen LogP contribution in [0.25, 0.3) is 0 Å².